The second-order valence-corrected chi connectivity index (χ2v) is 5.81. The van der Waals surface area contributed by atoms with Gasteiger partial charge in [0.15, 0.2) is 0 Å². The highest BCUT2D eigenvalue weighted by Gasteiger charge is 2.00. The first-order valence-electron chi connectivity index (χ1n) is 6.56. The number of hydrogen-bond donors (Lipinski definition) is 0. The molecule has 110 valence electrons. The Kier molecular flexibility index (Phi) is 11.8. The summed E-state index contributed by atoms with van der Waals surface area (Å²) in [6.07, 6.45) is 5.74. The van der Waals surface area contributed by atoms with Crippen molar-refractivity contribution >= 4 is 10.1 Å². The van der Waals surface area contributed by atoms with Crippen LogP contribution in [0.2, 0.25) is 0 Å². The Labute approximate surface area is 111 Å². The molecule has 0 radical (unpaired) electrons. The van der Waals surface area contributed by atoms with Crippen LogP contribution in [0.5, 0.6) is 0 Å². The highest BCUT2D eigenvalue weighted by molar-refractivity contribution is 7.85. The van der Waals surface area contributed by atoms with Crippen LogP contribution in [0.25, 0.3) is 0 Å². The van der Waals surface area contributed by atoms with Gasteiger partial charge in [-0.2, -0.15) is 8.42 Å². The van der Waals surface area contributed by atoms with Gasteiger partial charge in [0.25, 0.3) is 10.1 Å². The van der Waals surface area contributed by atoms with Gasteiger partial charge in [-0.15, -0.1) is 0 Å². The molecule has 0 aliphatic heterocycles. The van der Waals surface area contributed by atoms with Crippen LogP contribution >= 0.6 is 0 Å². The summed E-state index contributed by atoms with van der Waals surface area (Å²) in [4.78, 5) is 0. The molecule has 0 amide bonds. The Morgan fingerprint density at radius 3 is 1.83 bits per heavy atom. The number of rotatable bonds is 13. The summed E-state index contributed by atoms with van der Waals surface area (Å²) in [5, 5.41) is 0. The normalized spacial score (nSPS) is 11.9. The molecule has 0 aliphatic rings. The third-order valence-corrected chi connectivity index (χ3v) is 2.79. The lowest BCUT2D eigenvalue weighted by Gasteiger charge is -2.05. The van der Waals surface area contributed by atoms with E-state index < -0.39 is 10.1 Å². The summed E-state index contributed by atoms with van der Waals surface area (Å²) in [7, 11) is -3.29. The molecule has 0 atom stereocenters. The first kappa shape index (κ1) is 17.8. The van der Waals surface area contributed by atoms with Gasteiger partial charge in [-0.25, -0.2) is 0 Å². The van der Waals surface area contributed by atoms with Crippen molar-refractivity contribution in [3.63, 3.8) is 0 Å². The van der Waals surface area contributed by atoms with Crippen molar-refractivity contribution in [2.75, 3.05) is 39.3 Å². The zero-order chi connectivity index (χ0) is 13.7. The average molecular weight is 282 g/mol. The van der Waals surface area contributed by atoms with E-state index in [1.165, 1.54) is 0 Å². The highest BCUT2D eigenvalue weighted by Crippen LogP contribution is 1.96. The van der Waals surface area contributed by atoms with E-state index in [0.29, 0.717) is 19.6 Å². The Morgan fingerprint density at radius 2 is 1.28 bits per heavy atom. The minimum absolute atomic E-state index is 0.238. The largest absolute Gasteiger partial charge is 0.381 e. The first-order valence-corrected chi connectivity index (χ1v) is 8.38. The lowest BCUT2D eigenvalue weighted by Crippen LogP contribution is -2.06. The van der Waals surface area contributed by atoms with Gasteiger partial charge < -0.3 is 9.47 Å². The van der Waals surface area contributed by atoms with E-state index in [0.717, 1.165) is 45.2 Å². The smallest absolute Gasteiger partial charge is 0.264 e. The summed E-state index contributed by atoms with van der Waals surface area (Å²) in [5.74, 6) is 0. The van der Waals surface area contributed by atoms with E-state index in [1.807, 2.05) is 0 Å². The summed E-state index contributed by atoms with van der Waals surface area (Å²) in [6.45, 7) is 5.29. The minimum Gasteiger partial charge on any atom is -0.381 e. The van der Waals surface area contributed by atoms with Gasteiger partial charge in [0, 0.05) is 26.4 Å². The fraction of sp³-hybridized carbons (Fsp3) is 1.00. The molecule has 6 heteroatoms. The molecule has 0 bridgehead atoms. The van der Waals surface area contributed by atoms with Gasteiger partial charge in [-0.05, 0) is 25.7 Å². The van der Waals surface area contributed by atoms with E-state index >= 15 is 0 Å². The van der Waals surface area contributed by atoms with Crippen molar-refractivity contribution in [3.8, 4) is 0 Å². The summed E-state index contributed by atoms with van der Waals surface area (Å²) in [6, 6.07) is 0. The summed E-state index contributed by atoms with van der Waals surface area (Å²) in [5.41, 5.74) is 0. The maximum atomic E-state index is 10.6. The monoisotopic (exact) mass is 282 g/mol. The zero-order valence-electron chi connectivity index (χ0n) is 11.5. The van der Waals surface area contributed by atoms with Crippen LogP contribution in [0.4, 0.5) is 0 Å². The molecule has 0 aromatic rings. The predicted molar refractivity (Wildman–Crippen MR) is 71.2 cm³/mol. The fourth-order valence-electron chi connectivity index (χ4n) is 1.23. The number of hydrogen-bond acceptors (Lipinski definition) is 5. The molecule has 0 aromatic carbocycles. The van der Waals surface area contributed by atoms with Crippen molar-refractivity contribution in [1.29, 1.82) is 0 Å². The zero-order valence-corrected chi connectivity index (χ0v) is 12.3. The maximum Gasteiger partial charge on any atom is 0.264 e. The predicted octanol–water partition coefficient (Wildman–Crippen LogP) is 1.97. The Hall–Kier alpha value is -0.170. The van der Waals surface area contributed by atoms with Crippen LogP contribution in [0.3, 0.4) is 0 Å². The van der Waals surface area contributed by atoms with E-state index in [2.05, 4.69) is 11.1 Å². The Bertz CT molecular complexity index is 264. The van der Waals surface area contributed by atoms with Crippen LogP contribution in [-0.2, 0) is 23.8 Å². The molecule has 0 heterocycles. The van der Waals surface area contributed by atoms with Crippen LogP contribution in [0, 0.1) is 0 Å². The molecule has 0 aromatic heterocycles. The van der Waals surface area contributed by atoms with Crippen molar-refractivity contribution < 1.29 is 22.1 Å². The molecular weight excluding hydrogens is 256 g/mol. The SMILES string of the molecule is CCCCOCCCOCCCCOS(C)(=O)=O. The van der Waals surface area contributed by atoms with E-state index in [9.17, 15) is 8.42 Å². The van der Waals surface area contributed by atoms with E-state index in [1.54, 1.807) is 0 Å². The minimum atomic E-state index is -3.29. The van der Waals surface area contributed by atoms with Gasteiger partial charge in [0.2, 0.25) is 0 Å². The molecule has 18 heavy (non-hydrogen) atoms. The van der Waals surface area contributed by atoms with Gasteiger partial charge >= 0.3 is 0 Å². The summed E-state index contributed by atoms with van der Waals surface area (Å²) < 4.78 is 36.7. The Balaban J connectivity index is 3.03. The molecule has 5 nitrogen and oxygen atoms in total. The topological polar surface area (TPSA) is 61.8 Å². The van der Waals surface area contributed by atoms with Gasteiger partial charge in [-0.1, -0.05) is 13.3 Å². The molecule has 0 rings (SSSR count). The molecule has 0 unspecified atom stereocenters. The first-order chi connectivity index (χ1) is 8.56. The standard InChI is InChI=1S/C12H26O5S/c1-3-4-8-15-10-7-11-16-9-5-6-12-17-18(2,13)14/h3-12H2,1-2H3. The van der Waals surface area contributed by atoms with Crippen molar-refractivity contribution in [3.05, 3.63) is 0 Å². The van der Waals surface area contributed by atoms with Crippen molar-refractivity contribution in [1.82, 2.24) is 0 Å². The van der Waals surface area contributed by atoms with Gasteiger partial charge in [0.1, 0.15) is 0 Å². The van der Waals surface area contributed by atoms with E-state index in [4.69, 9.17) is 9.47 Å². The van der Waals surface area contributed by atoms with Crippen LogP contribution in [-0.4, -0.2) is 47.7 Å². The maximum absolute atomic E-state index is 10.6. The van der Waals surface area contributed by atoms with Crippen LogP contribution in [0.15, 0.2) is 0 Å². The second-order valence-electron chi connectivity index (χ2n) is 4.17. The Morgan fingerprint density at radius 1 is 0.778 bits per heavy atom. The molecule has 0 saturated heterocycles. The fourth-order valence-corrected chi connectivity index (χ4v) is 1.65. The molecular formula is C12H26O5S. The lowest BCUT2D eigenvalue weighted by atomic mass is 10.3. The van der Waals surface area contributed by atoms with Gasteiger partial charge in [0.05, 0.1) is 12.9 Å². The molecule has 0 saturated carbocycles. The third-order valence-electron chi connectivity index (χ3n) is 2.20. The van der Waals surface area contributed by atoms with Gasteiger partial charge in [-0.3, -0.25) is 4.18 Å². The van der Waals surface area contributed by atoms with Crippen molar-refractivity contribution in [2.24, 2.45) is 0 Å². The third kappa shape index (κ3) is 15.8. The van der Waals surface area contributed by atoms with Crippen LogP contribution < -0.4 is 0 Å². The van der Waals surface area contributed by atoms with Crippen molar-refractivity contribution in [2.45, 2.75) is 39.0 Å². The highest BCUT2D eigenvalue weighted by atomic mass is 32.2. The van der Waals surface area contributed by atoms with Crippen LogP contribution in [0.1, 0.15) is 39.0 Å². The second kappa shape index (κ2) is 11.9. The number of unbranched alkanes of at least 4 members (excludes halogenated alkanes) is 2. The molecule has 0 spiro atoms. The quantitative estimate of drug-likeness (QED) is 0.382. The lowest BCUT2D eigenvalue weighted by molar-refractivity contribution is 0.0790. The molecule has 0 N–H and O–H groups in total. The van der Waals surface area contributed by atoms with E-state index in [-0.39, 0.29) is 6.61 Å². The molecule has 0 fully saturated rings. The summed E-state index contributed by atoms with van der Waals surface area (Å²) >= 11 is 0. The number of ether oxygens (including phenoxy) is 2. The average Bonchev–Trinajstić information content (AvgIpc) is 2.29. The molecule has 0 aliphatic carbocycles.